The highest BCUT2D eigenvalue weighted by molar-refractivity contribution is 5.89. The van der Waals surface area contributed by atoms with Crippen molar-refractivity contribution in [2.75, 3.05) is 18.0 Å². The van der Waals surface area contributed by atoms with Gasteiger partial charge >= 0.3 is 11.7 Å². The summed E-state index contributed by atoms with van der Waals surface area (Å²) in [7, 11) is 2.93. The smallest absolute Gasteiger partial charge is 0.338 e. The number of carbonyl (C=O) groups excluding carboxylic acids is 1. The van der Waals surface area contributed by atoms with E-state index in [4.69, 9.17) is 4.74 Å². The standard InChI is InChI=1S/C18H23N3O4/c1-5-21(6-2)14-9-7-13(8-10-14)17(23)25-12-15-11-16(22)20(4)18(24)19(15)3/h7-11H,5-6,12H2,1-4H3. The molecule has 0 unspecified atom stereocenters. The third-order valence-corrected chi connectivity index (χ3v) is 4.21. The van der Waals surface area contributed by atoms with Crippen LogP contribution in [0.15, 0.2) is 39.9 Å². The number of hydrogen-bond acceptors (Lipinski definition) is 5. The van der Waals surface area contributed by atoms with E-state index in [0.717, 1.165) is 23.3 Å². The van der Waals surface area contributed by atoms with Gasteiger partial charge in [-0.2, -0.15) is 0 Å². The van der Waals surface area contributed by atoms with Crippen LogP contribution in [-0.2, 0) is 25.4 Å². The Morgan fingerprint density at radius 3 is 2.20 bits per heavy atom. The van der Waals surface area contributed by atoms with Crippen molar-refractivity contribution in [1.29, 1.82) is 0 Å². The highest BCUT2D eigenvalue weighted by Gasteiger charge is 2.11. The molecule has 7 nitrogen and oxygen atoms in total. The van der Waals surface area contributed by atoms with Crippen molar-refractivity contribution >= 4 is 11.7 Å². The zero-order chi connectivity index (χ0) is 18.6. The molecule has 2 rings (SSSR count). The van der Waals surface area contributed by atoms with E-state index >= 15 is 0 Å². The predicted molar refractivity (Wildman–Crippen MR) is 96.0 cm³/mol. The summed E-state index contributed by atoms with van der Waals surface area (Å²) in [5, 5.41) is 0. The monoisotopic (exact) mass is 345 g/mol. The minimum Gasteiger partial charge on any atom is -0.456 e. The first kappa shape index (κ1) is 18.5. The summed E-state index contributed by atoms with van der Waals surface area (Å²) in [6.45, 7) is 5.77. The van der Waals surface area contributed by atoms with Crippen LogP contribution < -0.4 is 16.1 Å². The van der Waals surface area contributed by atoms with Crippen molar-refractivity contribution in [3.05, 3.63) is 62.4 Å². The van der Waals surface area contributed by atoms with E-state index in [0.29, 0.717) is 11.3 Å². The van der Waals surface area contributed by atoms with Gasteiger partial charge in [0.15, 0.2) is 0 Å². The number of nitrogens with zero attached hydrogens (tertiary/aromatic N) is 3. The molecule has 25 heavy (non-hydrogen) atoms. The van der Waals surface area contributed by atoms with E-state index in [1.165, 1.54) is 24.7 Å². The van der Waals surface area contributed by atoms with Gasteiger partial charge in [0.1, 0.15) is 6.61 Å². The molecule has 134 valence electrons. The molecule has 0 spiro atoms. The maximum absolute atomic E-state index is 12.2. The highest BCUT2D eigenvalue weighted by Crippen LogP contribution is 2.15. The topological polar surface area (TPSA) is 73.5 Å². The van der Waals surface area contributed by atoms with E-state index in [-0.39, 0.29) is 6.61 Å². The quantitative estimate of drug-likeness (QED) is 0.738. The summed E-state index contributed by atoms with van der Waals surface area (Å²) in [6.07, 6.45) is 0. The number of anilines is 1. The lowest BCUT2D eigenvalue weighted by Crippen LogP contribution is -2.38. The van der Waals surface area contributed by atoms with E-state index in [1.54, 1.807) is 12.1 Å². The Bertz CT molecular complexity index is 861. The Hall–Kier alpha value is -2.83. The van der Waals surface area contributed by atoms with Gasteiger partial charge in [-0.15, -0.1) is 0 Å². The Balaban J connectivity index is 2.11. The molecule has 0 radical (unpaired) electrons. The molecule has 0 amide bonds. The Morgan fingerprint density at radius 2 is 1.64 bits per heavy atom. The lowest BCUT2D eigenvalue weighted by atomic mass is 10.2. The summed E-state index contributed by atoms with van der Waals surface area (Å²) >= 11 is 0. The number of aromatic nitrogens is 2. The van der Waals surface area contributed by atoms with Crippen LogP contribution in [0.2, 0.25) is 0 Å². The van der Waals surface area contributed by atoms with Crippen molar-refractivity contribution in [2.24, 2.45) is 14.1 Å². The molecule has 0 fully saturated rings. The maximum atomic E-state index is 12.2. The van der Waals surface area contributed by atoms with Gasteiger partial charge in [0, 0.05) is 38.9 Å². The summed E-state index contributed by atoms with van der Waals surface area (Å²) in [6, 6.07) is 8.45. The third-order valence-electron chi connectivity index (χ3n) is 4.21. The summed E-state index contributed by atoms with van der Waals surface area (Å²) in [5.41, 5.74) is 0.918. The molecule has 1 heterocycles. The first-order valence-corrected chi connectivity index (χ1v) is 8.17. The van der Waals surface area contributed by atoms with Crippen molar-refractivity contribution in [2.45, 2.75) is 20.5 Å². The molecule has 0 saturated carbocycles. The number of ether oxygens (including phenoxy) is 1. The number of esters is 1. The molecule has 0 aliphatic carbocycles. The van der Waals surface area contributed by atoms with Crippen LogP contribution in [0.25, 0.3) is 0 Å². The fraction of sp³-hybridized carbons (Fsp3) is 0.389. The first-order chi connectivity index (χ1) is 11.9. The van der Waals surface area contributed by atoms with Crippen LogP contribution in [0.5, 0.6) is 0 Å². The summed E-state index contributed by atoms with van der Waals surface area (Å²) in [4.78, 5) is 37.9. The first-order valence-electron chi connectivity index (χ1n) is 8.17. The average molecular weight is 345 g/mol. The van der Waals surface area contributed by atoms with Gasteiger partial charge in [-0.3, -0.25) is 13.9 Å². The van der Waals surface area contributed by atoms with Crippen LogP contribution in [0, 0.1) is 0 Å². The van der Waals surface area contributed by atoms with Gasteiger partial charge in [0.2, 0.25) is 0 Å². The molecule has 0 saturated heterocycles. The molecule has 0 aliphatic heterocycles. The zero-order valence-electron chi connectivity index (χ0n) is 15.0. The lowest BCUT2D eigenvalue weighted by Gasteiger charge is -2.21. The van der Waals surface area contributed by atoms with E-state index in [9.17, 15) is 14.4 Å². The lowest BCUT2D eigenvalue weighted by molar-refractivity contribution is 0.0462. The van der Waals surface area contributed by atoms with Crippen LogP contribution in [-0.4, -0.2) is 28.2 Å². The molecule has 0 atom stereocenters. The molecule has 1 aromatic carbocycles. The molecule has 2 aromatic rings. The predicted octanol–water partition coefficient (Wildman–Crippen LogP) is 1.29. The fourth-order valence-corrected chi connectivity index (χ4v) is 2.54. The number of carbonyl (C=O) groups is 1. The zero-order valence-corrected chi connectivity index (χ0v) is 15.0. The number of rotatable bonds is 6. The van der Waals surface area contributed by atoms with Crippen molar-refractivity contribution in [1.82, 2.24) is 9.13 Å². The van der Waals surface area contributed by atoms with Gasteiger partial charge in [-0.1, -0.05) is 0 Å². The molecule has 0 bridgehead atoms. The third kappa shape index (κ3) is 3.99. The van der Waals surface area contributed by atoms with Crippen LogP contribution in [0.1, 0.15) is 29.9 Å². The second-order valence-electron chi connectivity index (χ2n) is 5.67. The summed E-state index contributed by atoms with van der Waals surface area (Å²) in [5.74, 6) is -0.501. The summed E-state index contributed by atoms with van der Waals surface area (Å²) < 4.78 is 7.52. The van der Waals surface area contributed by atoms with Crippen LogP contribution in [0.4, 0.5) is 5.69 Å². The molecule has 1 aromatic heterocycles. The van der Waals surface area contributed by atoms with Gasteiger partial charge in [-0.05, 0) is 38.1 Å². The molecular weight excluding hydrogens is 322 g/mol. The van der Waals surface area contributed by atoms with Crippen molar-refractivity contribution in [3.8, 4) is 0 Å². The van der Waals surface area contributed by atoms with E-state index < -0.39 is 17.2 Å². The average Bonchev–Trinajstić information content (AvgIpc) is 2.63. The number of hydrogen-bond donors (Lipinski definition) is 0. The molecule has 0 aliphatic rings. The second kappa shape index (κ2) is 7.83. The largest absolute Gasteiger partial charge is 0.456 e. The Morgan fingerprint density at radius 1 is 1.04 bits per heavy atom. The Kier molecular flexibility index (Phi) is 5.80. The molecule has 0 N–H and O–H groups in total. The minimum atomic E-state index is -0.501. The SMILES string of the molecule is CCN(CC)c1ccc(C(=O)OCc2cc(=O)n(C)c(=O)n2C)cc1. The van der Waals surface area contributed by atoms with Crippen LogP contribution >= 0.6 is 0 Å². The number of benzene rings is 1. The highest BCUT2D eigenvalue weighted by atomic mass is 16.5. The van der Waals surface area contributed by atoms with Crippen LogP contribution in [0.3, 0.4) is 0 Å². The van der Waals surface area contributed by atoms with Crippen molar-refractivity contribution in [3.63, 3.8) is 0 Å². The normalized spacial score (nSPS) is 10.6. The van der Waals surface area contributed by atoms with Gasteiger partial charge < -0.3 is 9.64 Å². The minimum absolute atomic E-state index is 0.140. The van der Waals surface area contributed by atoms with E-state index in [1.807, 2.05) is 12.1 Å². The molecule has 7 heteroatoms. The second-order valence-corrected chi connectivity index (χ2v) is 5.67. The van der Waals surface area contributed by atoms with Gasteiger partial charge in [-0.25, -0.2) is 9.59 Å². The van der Waals surface area contributed by atoms with E-state index in [2.05, 4.69) is 18.7 Å². The molecular formula is C18H23N3O4. The van der Waals surface area contributed by atoms with Gasteiger partial charge in [0.05, 0.1) is 11.3 Å². The maximum Gasteiger partial charge on any atom is 0.338 e. The fourth-order valence-electron chi connectivity index (χ4n) is 2.54. The van der Waals surface area contributed by atoms with Gasteiger partial charge in [0.25, 0.3) is 5.56 Å². The Labute approximate surface area is 146 Å². The van der Waals surface area contributed by atoms with Crippen molar-refractivity contribution < 1.29 is 9.53 Å².